The number of carbonyl (C=O) groups excluding carboxylic acids is 3. The van der Waals surface area contributed by atoms with Gasteiger partial charge in [-0.15, -0.1) is 0 Å². The molecule has 0 spiro atoms. The summed E-state index contributed by atoms with van der Waals surface area (Å²) in [7, 11) is 1.31. The van der Waals surface area contributed by atoms with Gasteiger partial charge in [0.05, 0.1) is 12.7 Å². The average molecular weight is 389 g/mol. The third-order valence-corrected chi connectivity index (χ3v) is 4.11. The van der Waals surface area contributed by atoms with Crippen molar-refractivity contribution in [1.82, 2.24) is 0 Å². The number of carbonyl (C=O) groups is 3. The second-order valence-corrected chi connectivity index (χ2v) is 6.13. The average Bonchev–Trinajstić information content (AvgIpc) is 2.78. The van der Waals surface area contributed by atoms with Crippen molar-refractivity contribution in [2.75, 3.05) is 19.0 Å². The summed E-state index contributed by atoms with van der Waals surface area (Å²) in [6.07, 6.45) is 0. The Hall–Kier alpha value is -3.93. The van der Waals surface area contributed by atoms with Crippen molar-refractivity contribution in [2.24, 2.45) is 0 Å². The normalized spacial score (nSPS) is 10.1. The number of hydrogen-bond donors (Lipinski definition) is 1. The van der Waals surface area contributed by atoms with Crippen LogP contribution in [0.5, 0.6) is 5.75 Å². The zero-order valence-electron chi connectivity index (χ0n) is 15.8. The predicted molar refractivity (Wildman–Crippen MR) is 108 cm³/mol. The topological polar surface area (TPSA) is 81.7 Å². The van der Waals surface area contributed by atoms with Gasteiger partial charge < -0.3 is 14.8 Å². The van der Waals surface area contributed by atoms with E-state index < -0.39 is 5.97 Å². The maximum Gasteiger partial charge on any atom is 0.337 e. The number of nitrogens with one attached hydrogen (secondary N) is 1. The molecule has 0 heterocycles. The lowest BCUT2D eigenvalue weighted by Gasteiger charge is -2.09. The van der Waals surface area contributed by atoms with Crippen molar-refractivity contribution in [2.45, 2.75) is 0 Å². The van der Waals surface area contributed by atoms with E-state index in [-0.39, 0.29) is 18.3 Å². The molecule has 0 radical (unpaired) electrons. The molecule has 29 heavy (non-hydrogen) atoms. The number of ether oxygens (including phenoxy) is 2. The van der Waals surface area contributed by atoms with Gasteiger partial charge >= 0.3 is 5.97 Å². The van der Waals surface area contributed by atoms with Crippen molar-refractivity contribution < 1.29 is 23.9 Å². The molecule has 1 amide bonds. The quantitative estimate of drug-likeness (QED) is 0.492. The Morgan fingerprint density at radius 2 is 1.34 bits per heavy atom. The van der Waals surface area contributed by atoms with E-state index >= 15 is 0 Å². The molecule has 0 saturated carbocycles. The van der Waals surface area contributed by atoms with E-state index in [2.05, 4.69) is 10.1 Å². The minimum absolute atomic E-state index is 0.0784. The Labute approximate surface area is 168 Å². The van der Waals surface area contributed by atoms with Crippen LogP contribution in [0.25, 0.3) is 0 Å². The molecule has 3 aromatic carbocycles. The van der Waals surface area contributed by atoms with E-state index in [1.807, 2.05) is 18.2 Å². The summed E-state index contributed by atoms with van der Waals surface area (Å²) in [5.74, 6) is -0.392. The van der Waals surface area contributed by atoms with Crippen LogP contribution in [0.15, 0.2) is 78.9 Å². The highest BCUT2D eigenvalue weighted by atomic mass is 16.5. The van der Waals surface area contributed by atoms with Crippen LogP contribution >= 0.6 is 0 Å². The second-order valence-electron chi connectivity index (χ2n) is 6.13. The van der Waals surface area contributed by atoms with E-state index in [1.165, 1.54) is 7.11 Å². The summed E-state index contributed by atoms with van der Waals surface area (Å²) in [5.41, 5.74) is 2.08. The van der Waals surface area contributed by atoms with Gasteiger partial charge in [-0.3, -0.25) is 9.59 Å². The highest BCUT2D eigenvalue weighted by Gasteiger charge is 2.10. The number of hydrogen-bond acceptors (Lipinski definition) is 5. The van der Waals surface area contributed by atoms with Crippen LogP contribution in [0.1, 0.15) is 26.3 Å². The number of amides is 1. The molecule has 146 valence electrons. The van der Waals surface area contributed by atoms with Gasteiger partial charge in [-0.25, -0.2) is 4.79 Å². The second kappa shape index (κ2) is 9.32. The van der Waals surface area contributed by atoms with Crippen molar-refractivity contribution in [3.8, 4) is 5.75 Å². The van der Waals surface area contributed by atoms with Gasteiger partial charge in [0.2, 0.25) is 0 Å². The van der Waals surface area contributed by atoms with E-state index in [4.69, 9.17) is 4.74 Å². The highest BCUT2D eigenvalue weighted by molar-refractivity contribution is 6.09. The zero-order valence-corrected chi connectivity index (χ0v) is 15.8. The van der Waals surface area contributed by atoms with E-state index in [0.29, 0.717) is 28.1 Å². The highest BCUT2D eigenvalue weighted by Crippen LogP contribution is 2.16. The Morgan fingerprint density at radius 1 is 0.759 bits per heavy atom. The third-order valence-electron chi connectivity index (χ3n) is 4.11. The molecule has 1 N–H and O–H groups in total. The molecule has 0 aromatic heterocycles. The van der Waals surface area contributed by atoms with Gasteiger partial charge in [0, 0.05) is 16.8 Å². The van der Waals surface area contributed by atoms with Crippen LogP contribution in [0.2, 0.25) is 0 Å². The van der Waals surface area contributed by atoms with Gasteiger partial charge in [0.1, 0.15) is 5.75 Å². The first kappa shape index (κ1) is 19.8. The number of ketones is 1. The monoisotopic (exact) mass is 389 g/mol. The number of anilines is 1. The molecule has 0 unspecified atom stereocenters. The minimum Gasteiger partial charge on any atom is -0.484 e. The summed E-state index contributed by atoms with van der Waals surface area (Å²) in [4.78, 5) is 35.8. The minimum atomic E-state index is -0.444. The first-order valence-corrected chi connectivity index (χ1v) is 8.87. The molecule has 6 nitrogen and oxygen atoms in total. The van der Waals surface area contributed by atoms with E-state index in [0.717, 1.165) is 0 Å². The van der Waals surface area contributed by atoms with Crippen molar-refractivity contribution in [1.29, 1.82) is 0 Å². The molecule has 0 fully saturated rings. The maximum absolute atomic E-state index is 12.4. The molecular formula is C23H19NO5. The standard InChI is InChI=1S/C23H19NO5/c1-28-23(27)18-7-11-19(12-8-18)24-21(25)15-29-20-13-9-17(10-14-20)22(26)16-5-3-2-4-6-16/h2-14H,15H2,1H3,(H,24,25). The summed E-state index contributed by atoms with van der Waals surface area (Å²) in [5, 5.41) is 2.68. The molecular weight excluding hydrogens is 370 g/mol. The Balaban J connectivity index is 1.52. The van der Waals surface area contributed by atoms with Gasteiger partial charge in [0.25, 0.3) is 5.91 Å². The van der Waals surface area contributed by atoms with E-state index in [9.17, 15) is 14.4 Å². The lowest BCUT2D eigenvalue weighted by Crippen LogP contribution is -2.20. The summed E-state index contributed by atoms with van der Waals surface area (Å²) >= 11 is 0. The Kier molecular flexibility index (Phi) is 6.37. The number of methoxy groups -OCH3 is 1. The van der Waals surface area contributed by atoms with Gasteiger partial charge in [-0.2, -0.15) is 0 Å². The van der Waals surface area contributed by atoms with Crippen molar-refractivity contribution in [3.05, 3.63) is 95.6 Å². The lowest BCUT2D eigenvalue weighted by atomic mass is 10.0. The van der Waals surface area contributed by atoms with Crippen LogP contribution < -0.4 is 10.1 Å². The van der Waals surface area contributed by atoms with Gasteiger partial charge in [-0.05, 0) is 48.5 Å². The third kappa shape index (κ3) is 5.29. The lowest BCUT2D eigenvalue weighted by molar-refractivity contribution is -0.118. The fourth-order valence-electron chi connectivity index (χ4n) is 2.61. The SMILES string of the molecule is COC(=O)c1ccc(NC(=O)COc2ccc(C(=O)c3ccccc3)cc2)cc1. The van der Waals surface area contributed by atoms with Crippen LogP contribution in [0.3, 0.4) is 0 Å². The largest absolute Gasteiger partial charge is 0.484 e. The smallest absolute Gasteiger partial charge is 0.337 e. The van der Waals surface area contributed by atoms with Crippen LogP contribution in [0, 0.1) is 0 Å². The molecule has 0 aliphatic carbocycles. The fourth-order valence-corrected chi connectivity index (χ4v) is 2.61. The number of esters is 1. The van der Waals surface area contributed by atoms with Crippen LogP contribution in [-0.2, 0) is 9.53 Å². The van der Waals surface area contributed by atoms with Crippen molar-refractivity contribution in [3.63, 3.8) is 0 Å². The van der Waals surface area contributed by atoms with Crippen LogP contribution in [0.4, 0.5) is 5.69 Å². The summed E-state index contributed by atoms with van der Waals surface area (Å²) in [6.45, 7) is -0.190. The molecule has 0 atom stereocenters. The van der Waals surface area contributed by atoms with Gasteiger partial charge in [-0.1, -0.05) is 30.3 Å². The first-order valence-electron chi connectivity index (χ1n) is 8.87. The fraction of sp³-hybridized carbons (Fsp3) is 0.0870. The maximum atomic E-state index is 12.4. The molecule has 0 aliphatic heterocycles. The Morgan fingerprint density at radius 3 is 1.97 bits per heavy atom. The molecule has 0 saturated heterocycles. The predicted octanol–water partition coefficient (Wildman–Crippen LogP) is 3.72. The number of rotatable bonds is 7. The molecule has 0 bridgehead atoms. The van der Waals surface area contributed by atoms with Crippen LogP contribution in [-0.4, -0.2) is 31.4 Å². The summed E-state index contributed by atoms with van der Waals surface area (Å²) < 4.78 is 10.1. The molecule has 0 aliphatic rings. The van der Waals surface area contributed by atoms with Gasteiger partial charge in [0.15, 0.2) is 12.4 Å². The zero-order chi connectivity index (χ0) is 20.6. The van der Waals surface area contributed by atoms with Crippen molar-refractivity contribution >= 4 is 23.3 Å². The Bertz CT molecular complexity index is 996. The molecule has 3 aromatic rings. The first-order chi connectivity index (χ1) is 14.1. The molecule has 6 heteroatoms. The number of benzene rings is 3. The van der Waals surface area contributed by atoms with E-state index in [1.54, 1.807) is 60.7 Å². The molecule has 3 rings (SSSR count). The summed E-state index contributed by atoms with van der Waals surface area (Å²) in [6, 6.07) is 21.9.